The van der Waals surface area contributed by atoms with Crippen LogP contribution < -0.4 is 5.32 Å². The van der Waals surface area contributed by atoms with Crippen molar-refractivity contribution in [2.24, 2.45) is 0 Å². The molecule has 0 radical (unpaired) electrons. The molecular weight excluding hydrogens is 252 g/mol. The zero-order valence-electron chi connectivity index (χ0n) is 10.5. The molecule has 0 aromatic heterocycles. The fraction of sp³-hybridized carbons (Fsp3) is 0.800. The van der Waals surface area contributed by atoms with Crippen LogP contribution in [-0.4, -0.2) is 45.9 Å². The second-order valence-corrected chi connectivity index (χ2v) is 4.81. The molecular formula is C10H17F2NO5. The maximum atomic E-state index is 12.9. The summed E-state index contributed by atoms with van der Waals surface area (Å²) in [5.74, 6) is -6.82. The van der Waals surface area contributed by atoms with Gasteiger partial charge in [-0.25, -0.2) is 9.59 Å². The van der Waals surface area contributed by atoms with Crippen molar-refractivity contribution in [1.29, 1.82) is 0 Å². The van der Waals surface area contributed by atoms with Crippen molar-refractivity contribution in [3.63, 3.8) is 0 Å². The van der Waals surface area contributed by atoms with Crippen LogP contribution in [0.5, 0.6) is 0 Å². The molecule has 0 aromatic carbocycles. The van der Waals surface area contributed by atoms with Gasteiger partial charge in [-0.3, -0.25) is 0 Å². The maximum absolute atomic E-state index is 12.9. The first-order valence-corrected chi connectivity index (χ1v) is 5.16. The zero-order chi connectivity index (χ0) is 14.7. The molecule has 1 amide bonds. The molecule has 3 N–H and O–H groups in total. The summed E-state index contributed by atoms with van der Waals surface area (Å²) in [6, 6.07) is -1.48. The molecule has 0 saturated heterocycles. The number of carboxylic acid groups (broad SMARTS) is 1. The van der Waals surface area contributed by atoms with Gasteiger partial charge in [0.05, 0.1) is 6.04 Å². The lowest BCUT2D eigenvalue weighted by molar-refractivity contribution is -0.184. The first-order chi connectivity index (χ1) is 7.88. The van der Waals surface area contributed by atoms with Gasteiger partial charge in [-0.2, -0.15) is 8.78 Å². The molecule has 8 heteroatoms. The SMILES string of the molecule is CC(NC(=O)OC(C)(C)C)[C@@H](O)C(F)(F)C(=O)O. The minimum atomic E-state index is -4.35. The molecule has 0 aliphatic heterocycles. The Hall–Kier alpha value is -1.44. The summed E-state index contributed by atoms with van der Waals surface area (Å²) in [6.45, 7) is 5.75. The molecule has 6 nitrogen and oxygen atoms in total. The van der Waals surface area contributed by atoms with Gasteiger partial charge in [0.25, 0.3) is 0 Å². The Labute approximate surface area is 103 Å². The van der Waals surface area contributed by atoms with E-state index >= 15 is 0 Å². The first kappa shape index (κ1) is 16.6. The number of alkyl halides is 2. The molecule has 0 bridgehead atoms. The highest BCUT2D eigenvalue weighted by atomic mass is 19.3. The van der Waals surface area contributed by atoms with Gasteiger partial charge in [0.15, 0.2) is 0 Å². The summed E-state index contributed by atoms with van der Waals surface area (Å²) in [5.41, 5.74) is -0.829. The summed E-state index contributed by atoms with van der Waals surface area (Å²) < 4.78 is 30.7. The molecule has 18 heavy (non-hydrogen) atoms. The normalized spacial score (nSPS) is 15.7. The standard InChI is InChI=1S/C10H17F2NO5/c1-5(6(14)10(11,12)7(15)16)13-8(17)18-9(2,3)4/h5-6,14H,1-4H3,(H,13,17)(H,15,16)/t5?,6-/m1/s1. The van der Waals surface area contributed by atoms with Gasteiger partial charge in [-0.15, -0.1) is 0 Å². The monoisotopic (exact) mass is 269 g/mol. The molecule has 1 unspecified atom stereocenters. The van der Waals surface area contributed by atoms with Crippen molar-refractivity contribution in [3.05, 3.63) is 0 Å². The van der Waals surface area contributed by atoms with Gasteiger partial charge in [0, 0.05) is 0 Å². The number of carbonyl (C=O) groups excluding carboxylic acids is 1. The van der Waals surface area contributed by atoms with Gasteiger partial charge in [0.2, 0.25) is 0 Å². The number of nitrogens with one attached hydrogen (secondary N) is 1. The minimum absolute atomic E-state index is 0.829. The van der Waals surface area contributed by atoms with Crippen LogP contribution in [-0.2, 0) is 9.53 Å². The number of amides is 1. The third-order valence-corrected chi connectivity index (χ3v) is 1.87. The zero-order valence-corrected chi connectivity index (χ0v) is 10.5. The molecule has 0 fully saturated rings. The lowest BCUT2D eigenvalue weighted by atomic mass is 10.1. The van der Waals surface area contributed by atoms with Crippen molar-refractivity contribution in [2.45, 2.75) is 51.4 Å². The molecule has 106 valence electrons. The summed E-state index contributed by atoms with van der Waals surface area (Å²) >= 11 is 0. The van der Waals surface area contributed by atoms with Crippen molar-refractivity contribution in [1.82, 2.24) is 5.32 Å². The van der Waals surface area contributed by atoms with E-state index in [1.807, 2.05) is 5.32 Å². The van der Waals surface area contributed by atoms with Crippen molar-refractivity contribution >= 4 is 12.1 Å². The number of aliphatic hydroxyl groups excluding tert-OH is 1. The van der Waals surface area contributed by atoms with E-state index in [0.717, 1.165) is 6.92 Å². The van der Waals surface area contributed by atoms with E-state index in [1.165, 1.54) is 0 Å². The Morgan fingerprint density at radius 1 is 1.28 bits per heavy atom. The van der Waals surface area contributed by atoms with Crippen LogP contribution in [0.3, 0.4) is 0 Å². The van der Waals surface area contributed by atoms with Gasteiger partial charge in [-0.1, -0.05) is 0 Å². The molecule has 0 spiro atoms. The van der Waals surface area contributed by atoms with Crippen LogP contribution >= 0.6 is 0 Å². The second-order valence-electron chi connectivity index (χ2n) is 4.81. The van der Waals surface area contributed by atoms with E-state index in [4.69, 9.17) is 14.9 Å². The largest absolute Gasteiger partial charge is 0.477 e. The Bertz CT molecular complexity index is 327. The quantitative estimate of drug-likeness (QED) is 0.707. The van der Waals surface area contributed by atoms with Crippen molar-refractivity contribution < 1.29 is 33.3 Å². The van der Waals surface area contributed by atoms with Crippen LogP contribution in [0.1, 0.15) is 27.7 Å². The lowest BCUT2D eigenvalue weighted by Crippen LogP contribution is -2.54. The second kappa shape index (κ2) is 5.47. The van der Waals surface area contributed by atoms with Crippen molar-refractivity contribution in [2.75, 3.05) is 0 Å². The summed E-state index contributed by atoms with van der Waals surface area (Å²) in [7, 11) is 0. The van der Waals surface area contributed by atoms with Crippen LogP contribution in [0.15, 0.2) is 0 Å². The van der Waals surface area contributed by atoms with Crippen LogP contribution in [0.4, 0.5) is 13.6 Å². The smallest absolute Gasteiger partial charge is 0.407 e. The van der Waals surface area contributed by atoms with E-state index in [0.29, 0.717) is 0 Å². The summed E-state index contributed by atoms with van der Waals surface area (Å²) in [5, 5.41) is 19.3. The summed E-state index contributed by atoms with van der Waals surface area (Å²) in [4.78, 5) is 21.5. The van der Waals surface area contributed by atoms with E-state index < -0.39 is 35.7 Å². The Morgan fingerprint density at radius 3 is 2.06 bits per heavy atom. The van der Waals surface area contributed by atoms with E-state index in [9.17, 15) is 18.4 Å². The minimum Gasteiger partial charge on any atom is -0.477 e. The number of hydrogen-bond donors (Lipinski definition) is 3. The van der Waals surface area contributed by atoms with Gasteiger partial charge in [-0.05, 0) is 27.7 Å². The topological polar surface area (TPSA) is 95.9 Å². The molecule has 0 heterocycles. The summed E-state index contributed by atoms with van der Waals surface area (Å²) in [6.07, 6.45) is -3.57. The van der Waals surface area contributed by atoms with Gasteiger partial charge in [0.1, 0.15) is 11.7 Å². The Balaban J connectivity index is 4.55. The maximum Gasteiger partial charge on any atom is 0.407 e. The van der Waals surface area contributed by atoms with Gasteiger partial charge >= 0.3 is 18.0 Å². The number of carboxylic acids is 1. The first-order valence-electron chi connectivity index (χ1n) is 5.16. The highest BCUT2D eigenvalue weighted by Gasteiger charge is 2.49. The van der Waals surface area contributed by atoms with Crippen LogP contribution in [0.25, 0.3) is 0 Å². The fourth-order valence-corrected chi connectivity index (χ4v) is 1.01. The number of aliphatic hydroxyl groups is 1. The van der Waals surface area contributed by atoms with Crippen molar-refractivity contribution in [3.8, 4) is 0 Å². The molecule has 0 aliphatic rings. The number of carbonyl (C=O) groups is 2. The third-order valence-electron chi connectivity index (χ3n) is 1.87. The van der Waals surface area contributed by atoms with E-state index in [-0.39, 0.29) is 0 Å². The predicted octanol–water partition coefficient (Wildman–Crippen LogP) is 0.980. The molecule has 2 atom stereocenters. The Kier molecular flexibility index (Phi) is 5.03. The number of hydrogen-bond acceptors (Lipinski definition) is 4. The van der Waals surface area contributed by atoms with E-state index in [1.54, 1.807) is 20.8 Å². The molecule has 0 aliphatic carbocycles. The molecule has 0 saturated carbocycles. The number of aliphatic carboxylic acids is 1. The fourth-order valence-electron chi connectivity index (χ4n) is 1.01. The van der Waals surface area contributed by atoms with Gasteiger partial charge < -0.3 is 20.3 Å². The van der Waals surface area contributed by atoms with E-state index in [2.05, 4.69) is 0 Å². The average Bonchev–Trinajstić information content (AvgIpc) is 2.12. The third kappa shape index (κ3) is 4.82. The molecule has 0 aromatic rings. The number of alkyl carbamates (subject to hydrolysis) is 1. The van der Waals surface area contributed by atoms with Crippen LogP contribution in [0, 0.1) is 0 Å². The number of rotatable bonds is 4. The lowest BCUT2D eigenvalue weighted by Gasteiger charge is -2.26. The van der Waals surface area contributed by atoms with Crippen LogP contribution in [0.2, 0.25) is 0 Å². The number of halogens is 2. The highest BCUT2D eigenvalue weighted by Crippen LogP contribution is 2.21. The average molecular weight is 269 g/mol. The highest BCUT2D eigenvalue weighted by molar-refractivity contribution is 5.76. The predicted molar refractivity (Wildman–Crippen MR) is 57.4 cm³/mol. The number of ether oxygens (including phenoxy) is 1. The molecule has 0 rings (SSSR count). The Morgan fingerprint density at radius 2 is 1.72 bits per heavy atom.